The van der Waals surface area contributed by atoms with Crippen LogP contribution in [0.3, 0.4) is 0 Å². The predicted molar refractivity (Wildman–Crippen MR) is 37.1 cm³/mol. The van der Waals surface area contributed by atoms with Crippen LogP contribution in [0, 0.1) is 5.41 Å². The number of rotatable bonds is 0. The standard InChI is InChI=1S/C7H12N2O/c1-3-10-4-2-7(1)5-8-9-6-7/h1-6H2. The zero-order valence-corrected chi connectivity index (χ0v) is 6.05. The minimum atomic E-state index is 0.415. The normalized spacial score (nSPS) is 29.6. The third-order valence-corrected chi connectivity index (χ3v) is 2.47. The quantitative estimate of drug-likeness (QED) is 0.498. The zero-order chi connectivity index (χ0) is 6.86. The van der Waals surface area contributed by atoms with E-state index < -0.39 is 0 Å². The Balaban J connectivity index is 2.00. The van der Waals surface area contributed by atoms with E-state index >= 15 is 0 Å². The number of ether oxygens (including phenoxy) is 1. The summed E-state index contributed by atoms with van der Waals surface area (Å²) in [4.78, 5) is 0. The molecule has 0 saturated carbocycles. The molecule has 0 aliphatic carbocycles. The minimum absolute atomic E-state index is 0.415. The van der Waals surface area contributed by atoms with Crippen LogP contribution in [0.2, 0.25) is 0 Å². The van der Waals surface area contributed by atoms with E-state index in [0.717, 1.165) is 39.1 Å². The summed E-state index contributed by atoms with van der Waals surface area (Å²) in [6.07, 6.45) is 2.31. The van der Waals surface area contributed by atoms with E-state index in [-0.39, 0.29) is 0 Å². The molecule has 1 spiro atoms. The Morgan fingerprint density at radius 1 is 1.00 bits per heavy atom. The van der Waals surface area contributed by atoms with Gasteiger partial charge in [-0.05, 0) is 12.8 Å². The lowest BCUT2D eigenvalue weighted by atomic mass is 9.81. The van der Waals surface area contributed by atoms with E-state index in [1.807, 2.05) is 0 Å². The molecule has 0 bridgehead atoms. The second-order valence-electron chi connectivity index (χ2n) is 3.21. The van der Waals surface area contributed by atoms with Crippen LogP contribution in [-0.2, 0) is 4.74 Å². The van der Waals surface area contributed by atoms with Crippen molar-refractivity contribution in [2.45, 2.75) is 12.8 Å². The maximum atomic E-state index is 5.27. The molecule has 1 fully saturated rings. The van der Waals surface area contributed by atoms with Crippen LogP contribution < -0.4 is 0 Å². The first-order valence-corrected chi connectivity index (χ1v) is 3.82. The molecule has 0 radical (unpaired) electrons. The molecule has 2 rings (SSSR count). The van der Waals surface area contributed by atoms with Crippen molar-refractivity contribution in [2.75, 3.05) is 26.3 Å². The average molecular weight is 140 g/mol. The smallest absolute Gasteiger partial charge is 0.0675 e. The second kappa shape index (κ2) is 2.31. The lowest BCUT2D eigenvalue weighted by Crippen LogP contribution is -2.32. The number of hydrogen-bond donors (Lipinski definition) is 0. The van der Waals surface area contributed by atoms with Crippen LogP contribution in [0.15, 0.2) is 10.2 Å². The largest absolute Gasteiger partial charge is 0.381 e. The Kier molecular flexibility index (Phi) is 1.45. The third kappa shape index (κ3) is 0.944. The van der Waals surface area contributed by atoms with Gasteiger partial charge in [0.1, 0.15) is 0 Å². The van der Waals surface area contributed by atoms with Crippen molar-refractivity contribution in [3.63, 3.8) is 0 Å². The molecule has 2 heterocycles. The van der Waals surface area contributed by atoms with Crippen LogP contribution in [0.1, 0.15) is 12.8 Å². The lowest BCUT2D eigenvalue weighted by molar-refractivity contribution is 0.0295. The Morgan fingerprint density at radius 3 is 2.20 bits per heavy atom. The topological polar surface area (TPSA) is 34.0 Å². The van der Waals surface area contributed by atoms with Crippen molar-refractivity contribution in [2.24, 2.45) is 15.6 Å². The summed E-state index contributed by atoms with van der Waals surface area (Å²) < 4.78 is 5.27. The molecule has 0 aromatic heterocycles. The Bertz CT molecular complexity index is 140. The molecule has 1 saturated heterocycles. The van der Waals surface area contributed by atoms with Gasteiger partial charge in [-0.15, -0.1) is 0 Å². The molecule has 2 aliphatic rings. The highest BCUT2D eigenvalue weighted by Crippen LogP contribution is 2.34. The average Bonchev–Trinajstić information content (AvgIpc) is 2.39. The molecular formula is C7H12N2O. The molecule has 0 N–H and O–H groups in total. The SMILES string of the molecule is C1CC2(CCO1)CN=NC2. The van der Waals surface area contributed by atoms with E-state index in [1.165, 1.54) is 0 Å². The maximum absolute atomic E-state index is 5.27. The molecule has 3 nitrogen and oxygen atoms in total. The van der Waals surface area contributed by atoms with Gasteiger partial charge in [-0.25, -0.2) is 0 Å². The number of hydrogen-bond acceptors (Lipinski definition) is 3. The van der Waals surface area contributed by atoms with Gasteiger partial charge < -0.3 is 4.74 Å². The van der Waals surface area contributed by atoms with E-state index in [9.17, 15) is 0 Å². The first-order valence-electron chi connectivity index (χ1n) is 3.82. The van der Waals surface area contributed by atoms with E-state index in [2.05, 4.69) is 10.2 Å². The van der Waals surface area contributed by atoms with Crippen molar-refractivity contribution in [1.29, 1.82) is 0 Å². The fourth-order valence-corrected chi connectivity index (χ4v) is 1.57. The fourth-order valence-electron chi connectivity index (χ4n) is 1.57. The summed E-state index contributed by atoms with van der Waals surface area (Å²) in [5, 5.41) is 8.06. The summed E-state index contributed by atoms with van der Waals surface area (Å²) in [5.74, 6) is 0. The molecule has 0 aromatic carbocycles. The Hall–Kier alpha value is -0.440. The number of nitrogens with zero attached hydrogens (tertiary/aromatic N) is 2. The second-order valence-corrected chi connectivity index (χ2v) is 3.21. The molecule has 56 valence electrons. The van der Waals surface area contributed by atoms with Crippen molar-refractivity contribution < 1.29 is 4.74 Å². The first-order chi connectivity index (χ1) is 4.91. The Labute approximate surface area is 60.5 Å². The molecule has 3 heteroatoms. The van der Waals surface area contributed by atoms with Crippen LogP contribution in [0.5, 0.6) is 0 Å². The van der Waals surface area contributed by atoms with Gasteiger partial charge in [-0.1, -0.05) is 0 Å². The zero-order valence-electron chi connectivity index (χ0n) is 6.05. The number of azo groups is 1. The van der Waals surface area contributed by atoms with Crippen molar-refractivity contribution in [1.82, 2.24) is 0 Å². The van der Waals surface area contributed by atoms with Crippen LogP contribution in [0.25, 0.3) is 0 Å². The highest BCUT2D eigenvalue weighted by Gasteiger charge is 2.35. The molecule has 0 unspecified atom stereocenters. The van der Waals surface area contributed by atoms with Crippen LogP contribution in [0.4, 0.5) is 0 Å². The summed E-state index contributed by atoms with van der Waals surface area (Å²) in [6.45, 7) is 3.70. The molecule has 0 atom stereocenters. The van der Waals surface area contributed by atoms with Gasteiger partial charge in [0, 0.05) is 18.6 Å². The highest BCUT2D eigenvalue weighted by molar-refractivity contribution is 4.88. The van der Waals surface area contributed by atoms with Gasteiger partial charge in [0.25, 0.3) is 0 Å². The van der Waals surface area contributed by atoms with Gasteiger partial charge in [0.2, 0.25) is 0 Å². The van der Waals surface area contributed by atoms with Crippen molar-refractivity contribution in [3.05, 3.63) is 0 Å². The van der Waals surface area contributed by atoms with E-state index in [0.29, 0.717) is 5.41 Å². The summed E-state index contributed by atoms with van der Waals surface area (Å²) >= 11 is 0. The predicted octanol–water partition coefficient (Wildman–Crippen LogP) is 1.25. The van der Waals surface area contributed by atoms with E-state index in [4.69, 9.17) is 4.74 Å². The first kappa shape index (κ1) is 6.28. The molecule has 10 heavy (non-hydrogen) atoms. The van der Waals surface area contributed by atoms with Gasteiger partial charge >= 0.3 is 0 Å². The van der Waals surface area contributed by atoms with Gasteiger partial charge in [-0.3, -0.25) is 0 Å². The maximum Gasteiger partial charge on any atom is 0.0675 e. The van der Waals surface area contributed by atoms with E-state index in [1.54, 1.807) is 0 Å². The summed E-state index contributed by atoms with van der Waals surface area (Å²) in [6, 6.07) is 0. The van der Waals surface area contributed by atoms with Gasteiger partial charge in [0.05, 0.1) is 13.1 Å². The Morgan fingerprint density at radius 2 is 1.60 bits per heavy atom. The van der Waals surface area contributed by atoms with Gasteiger partial charge in [0.15, 0.2) is 0 Å². The summed E-state index contributed by atoms with van der Waals surface area (Å²) in [5.41, 5.74) is 0.415. The third-order valence-electron chi connectivity index (χ3n) is 2.47. The summed E-state index contributed by atoms with van der Waals surface area (Å²) in [7, 11) is 0. The lowest BCUT2D eigenvalue weighted by Gasteiger charge is -2.30. The van der Waals surface area contributed by atoms with Crippen molar-refractivity contribution in [3.8, 4) is 0 Å². The molecule has 0 amide bonds. The molecule has 2 aliphatic heterocycles. The molecular weight excluding hydrogens is 128 g/mol. The van der Waals surface area contributed by atoms with Crippen LogP contribution >= 0.6 is 0 Å². The monoisotopic (exact) mass is 140 g/mol. The van der Waals surface area contributed by atoms with Crippen molar-refractivity contribution >= 4 is 0 Å². The molecule has 0 aromatic rings. The van der Waals surface area contributed by atoms with Gasteiger partial charge in [-0.2, -0.15) is 10.2 Å². The van der Waals surface area contributed by atoms with Crippen LogP contribution in [-0.4, -0.2) is 26.3 Å². The fraction of sp³-hybridized carbons (Fsp3) is 1.00. The highest BCUT2D eigenvalue weighted by atomic mass is 16.5. The minimum Gasteiger partial charge on any atom is -0.381 e.